The van der Waals surface area contributed by atoms with Gasteiger partial charge in [0.15, 0.2) is 0 Å². The summed E-state index contributed by atoms with van der Waals surface area (Å²) in [6.07, 6.45) is 4.87. The number of likely N-dealkylation sites (tertiary alicyclic amines) is 1. The van der Waals surface area contributed by atoms with Crippen LogP contribution in [0.1, 0.15) is 31.2 Å². The Bertz CT molecular complexity index is 747. The van der Waals surface area contributed by atoms with Crippen molar-refractivity contribution < 1.29 is 4.79 Å². The quantitative estimate of drug-likeness (QED) is 0.867. The molecule has 1 aliphatic heterocycles. The number of nitrogens with zero attached hydrogens (tertiary/aromatic N) is 2. The molecule has 0 radical (unpaired) electrons. The Labute approximate surface area is 162 Å². The second-order valence-electron chi connectivity index (χ2n) is 7.91. The third-order valence-corrected chi connectivity index (χ3v) is 5.75. The molecule has 1 heterocycles. The predicted octanol–water partition coefficient (Wildman–Crippen LogP) is 4.12. The van der Waals surface area contributed by atoms with E-state index >= 15 is 0 Å². The number of hydrogen-bond acceptors (Lipinski definition) is 2. The first-order valence-electron chi connectivity index (χ1n) is 10.1. The maximum Gasteiger partial charge on any atom is 0.317 e. The molecular weight excluding hydrogens is 334 g/mol. The Morgan fingerprint density at radius 1 is 0.963 bits per heavy atom. The van der Waals surface area contributed by atoms with Gasteiger partial charge in [0.2, 0.25) is 0 Å². The number of urea groups is 1. The first kappa shape index (κ1) is 18.1. The van der Waals surface area contributed by atoms with Crippen LogP contribution in [0.2, 0.25) is 0 Å². The lowest BCUT2D eigenvalue weighted by Gasteiger charge is -2.33. The highest BCUT2D eigenvalue weighted by Crippen LogP contribution is 2.29. The Morgan fingerprint density at radius 3 is 2.22 bits per heavy atom. The van der Waals surface area contributed by atoms with Gasteiger partial charge in [-0.25, -0.2) is 4.79 Å². The summed E-state index contributed by atoms with van der Waals surface area (Å²) >= 11 is 0. The van der Waals surface area contributed by atoms with Crippen LogP contribution in [0, 0.1) is 0 Å². The van der Waals surface area contributed by atoms with E-state index in [1.54, 1.807) is 4.90 Å². The molecule has 142 valence electrons. The third-order valence-electron chi connectivity index (χ3n) is 5.75. The largest absolute Gasteiger partial charge is 0.335 e. The van der Waals surface area contributed by atoms with Gasteiger partial charge in [0.05, 0.1) is 0 Å². The van der Waals surface area contributed by atoms with Crippen molar-refractivity contribution in [3.8, 4) is 11.1 Å². The van der Waals surface area contributed by atoms with E-state index < -0.39 is 0 Å². The summed E-state index contributed by atoms with van der Waals surface area (Å²) in [6, 6.07) is 20.0. The number of carbonyl (C=O) groups is 1. The van der Waals surface area contributed by atoms with Crippen molar-refractivity contribution >= 4 is 6.03 Å². The number of benzene rings is 2. The molecule has 1 saturated carbocycles. The molecule has 2 aromatic carbocycles. The lowest BCUT2D eigenvalue weighted by Crippen LogP contribution is -2.48. The molecular formula is C23H29N3O. The second-order valence-corrected chi connectivity index (χ2v) is 7.91. The molecule has 2 fully saturated rings. The van der Waals surface area contributed by atoms with Gasteiger partial charge in [-0.2, -0.15) is 0 Å². The Balaban J connectivity index is 1.27. The number of carbonyl (C=O) groups excluding carboxylic acids is 1. The highest BCUT2D eigenvalue weighted by atomic mass is 16.2. The molecule has 2 aliphatic rings. The summed E-state index contributed by atoms with van der Waals surface area (Å²) < 4.78 is 0. The number of nitrogens with one attached hydrogen (secondary N) is 1. The molecule has 4 rings (SSSR count). The fraction of sp³-hybridized carbons (Fsp3) is 0.435. The third kappa shape index (κ3) is 4.69. The van der Waals surface area contributed by atoms with Crippen LogP contribution in [0.5, 0.6) is 0 Å². The monoisotopic (exact) mass is 363 g/mol. The summed E-state index contributed by atoms with van der Waals surface area (Å²) in [5, 5.41) is 3.22. The minimum atomic E-state index is 0.0343. The molecule has 0 spiro atoms. The van der Waals surface area contributed by atoms with Gasteiger partial charge in [-0.05, 0) is 42.4 Å². The van der Waals surface area contributed by atoms with Crippen LogP contribution >= 0.6 is 0 Å². The molecule has 1 aliphatic carbocycles. The Kier molecular flexibility index (Phi) is 5.44. The van der Waals surface area contributed by atoms with Crippen LogP contribution in [0.15, 0.2) is 54.6 Å². The van der Waals surface area contributed by atoms with Gasteiger partial charge >= 0.3 is 6.03 Å². The minimum absolute atomic E-state index is 0.0343. The number of hydrogen-bond donors (Lipinski definition) is 1. The van der Waals surface area contributed by atoms with E-state index in [1.807, 2.05) is 13.1 Å². The molecule has 4 heteroatoms. The number of amides is 2. The summed E-state index contributed by atoms with van der Waals surface area (Å²) in [7, 11) is 1.87. The second kappa shape index (κ2) is 8.13. The van der Waals surface area contributed by atoms with E-state index in [4.69, 9.17) is 0 Å². The molecule has 0 bridgehead atoms. The molecule has 0 unspecified atom stereocenters. The number of rotatable bonds is 5. The molecule has 1 saturated heterocycles. The molecule has 0 atom stereocenters. The van der Waals surface area contributed by atoms with Crippen molar-refractivity contribution in [2.24, 2.45) is 0 Å². The van der Waals surface area contributed by atoms with Crippen LogP contribution in [-0.4, -0.2) is 48.1 Å². The van der Waals surface area contributed by atoms with Crippen LogP contribution in [-0.2, 0) is 6.54 Å². The van der Waals surface area contributed by atoms with Crippen molar-refractivity contribution in [3.63, 3.8) is 0 Å². The summed E-state index contributed by atoms with van der Waals surface area (Å²) in [6.45, 7) is 2.88. The van der Waals surface area contributed by atoms with Gasteiger partial charge in [0, 0.05) is 38.8 Å². The molecule has 0 aromatic heterocycles. The van der Waals surface area contributed by atoms with Crippen molar-refractivity contribution in [1.82, 2.24) is 15.1 Å². The van der Waals surface area contributed by atoms with E-state index in [2.05, 4.69) is 58.7 Å². The average Bonchev–Trinajstić information content (AvgIpc) is 3.55. The maximum absolute atomic E-state index is 12.5. The molecule has 2 amide bonds. The zero-order valence-corrected chi connectivity index (χ0v) is 16.1. The fourth-order valence-electron chi connectivity index (χ4n) is 3.91. The van der Waals surface area contributed by atoms with E-state index in [1.165, 1.54) is 24.0 Å². The van der Waals surface area contributed by atoms with Crippen molar-refractivity contribution in [2.45, 2.75) is 44.3 Å². The lowest BCUT2D eigenvalue weighted by molar-refractivity contribution is 0.173. The fourth-order valence-corrected chi connectivity index (χ4v) is 3.91. The Morgan fingerprint density at radius 2 is 1.59 bits per heavy atom. The zero-order chi connectivity index (χ0) is 18.6. The van der Waals surface area contributed by atoms with E-state index in [0.29, 0.717) is 12.6 Å². The van der Waals surface area contributed by atoms with E-state index in [0.717, 1.165) is 37.5 Å². The van der Waals surface area contributed by atoms with Gasteiger partial charge in [0.1, 0.15) is 0 Å². The van der Waals surface area contributed by atoms with Gasteiger partial charge in [-0.15, -0.1) is 0 Å². The normalized spacial score (nSPS) is 18.3. The average molecular weight is 364 g/mol. The maximum atomic E-state index is 12.5. The van der Waals surface area contributed by atoms with Gasteiger partial charge in [-0.3, -0.25) is 0 Å². The van der Waals surface area contributed by atoms with Crippen molar-refractivity contribution in [3.05, 3.63) is 60.2 Å². The van der Waals surface area contributed by atoms with Crippen molar-refractivity contribution in [1.29, 1.82) is 0 Å². The molecule has 1 N–H and O–H groups in total. The van der Waals surface area contributed by atoms with Gasteiger partial charge in [0.25, 0.3) is 0 Å². The van der Waals surface area contributed by atoms with Gasteiger partial charge in [-0.1, -0.05) is 54.6 Å². The van der Waals surface area contributed by atoms with E-state index in [-0.39, 0.29) is 6.03 Å². The molecule has 27 heavy (non-hydrogen) atoms. The zero-order valence-electron chi connectivity index (χ0n) is 16.1. The summed E-state index contributed by atoms with van der Waals surface area (Å²) in [5.41, 5.74) is 3.57. The Hall–Kier alpha value is -2.33. The standard InChI is InChI=1S/C23H29N3O/c1-25(23(27)24-21-13-15-26(16-14-21)22-11-12-22)17-18-7-9-20(10-8-18)19-5-3-2-4-6-19/h2-10,21-22H,11-17H2,1H3,(H,24,27). The summed E-state index contributed by atoms with van der Waals surface area (Å²) in [4.78, 5) is 16.9. The topological polar surface area (TPSA) is 35.6 Å². The highest BCUT2D eigenvalue weighted by Gasteiger charge is 2.32. The van der Waals surface area contributed by atoms with E-state index in [9.17, 15) is 4.79 Å². The smallest absolute Gasteiger partial charge is 0.317 e. The first-order chi connectivity index (χ1) is 13.2. The number of piperidine rings is 1. The van der Waals surface area contributed by atoms with Crippen LogP contribution in [0.3, 0.4) is 0 Å². The van der Waals surface area contributed by atoms with Crippen LogP contribution < -0.4 is 5.32 Å². The SMILES string of the molecule is CN(Cc1ccc(-c2ccccc2)cc1)C(=O)NC1CCN(C2CC2)CC1. The van der Waals surface area contributed by atoms with Gasteiger partial charge < -0.3 is 15.1 Å². The first-order valence-corrected chi connectivity index (χ1v) is 10.1. The summed E-state index contributed by atoms with van der Waals surface area (Å²) in [5.74, 6) is 0. The van der Waals surface area contributed by atoms with Crippen molar-refractivity contribution in [2.75, 3.05) is 20.1 Å². The predicted molar refractivity (Wildman–Crippen MR) is 109 cm³/mol. The molecule has 2 aromatic rings. The molecule has 4 nitrogen and oxygen atoms in total. The lowest BCUT2D eigenvalue weighted by atomic mass is 10.0. The van der Waals surface area contributed by atoms with Crippen LogP contribution in [0.4, 0.5) is 4.79 Å². The highest BCUT2D eigenvalue weighted by molar-refractivity contribution is 5.74. The van der Waals surface area contributed by atoms with Crippen LogP contribution in [0.25, 0.3) is 11.1 Å². The minimum Gasteiger partial charge on any atom is -0.335 e.